The second kappa shape index (κ2) is 5.70. The summed E-state index contributed by atoms with van der Waals surface area (Å²) in [6.07, 6.45) is -4.56. The van der Waals surface area contributed by atoms with Crippen LogP contribution < -0.4 is 10.1 Å². The Bertz CT molecular complexity index is 564. The van der Waals surface area contributed by atoms with Crippen molar-refractivity contribution in [3.63, 3.8) is 0 Å². The maximum absolute atomic E-state index is 12.7. The third-order valence-electron chi connectivity index (χ3n) is 3.07. The lowest BCUT2D eigenvalue weighted by molar-refractivity contribution is -0.137. The number of benzene rings is 1. The molecule has 0 radical (unpaired) electrons. The molecular weight excluding hydrogens is 299 g/mol. The Morgan fingerprint density at radius 2 is 2.00 bits per heavy atom. The van der Waals surface area contributed by atoms with Gasteiger partial charge in [0.2, 0.25) is 0 Å². The molecule has 122 valence electrons. The van der Waals surface area contributed by atoms with E-state index in [0.29, 0.717) is 12.0 Å². The molecule has 0 saturated carbocycles. The van der Waals surface area contributed by atoms with Crippen molar-refractivity contribution in [3.05, 3.63) is 29.3 Å². The minimum Gasteiger partial charge on any atom is -0.493 e. The van der Waals surface area contributed by atoms with E-state index in [4.69, 9.17) is 9.47 Å². The van der Waals surface area contributed by atoms with Crippen LogP contribution in [0.15, 0.2) is 18.2 Å². The van der Waals surface area contributed by atoms with E-state index in [0.717, 1.165) is 12.1 Å². The van der Waals surface area contributed by atoms with Crippen LogP contribution in [0.25, 0.3) is 0 Å². The molecule has 0 saturated heterocycles. The zero-order valence-corrected chi connectivity index (χ0v) is 12.6. The number of alkyl carbamates (subject to hydrolysis) is 1. The molecule has 4 nitrogen and oxygen atoms in total. The predicted molar refractivity (Wildman–Crippen MR) is 73.7 cm³/mol. The van der Waals surface area contributed by atoms with Crippen molar-refractivity contribution in [1.29, 1.82) is 0 Å². The number of ether oxygens (including phenoxy) is 2. The molecule has 0 unspecified atom stereocenters. The van der Waals surface area contributed by atoms with Gasteiger partial charge in [0.1, 0.15) is 11.4 Å². The van der Waals surface area contributed by atoms with E-state index < -0.39 is 29.5 Å². The van der Waals surface area contributed by atoms with Crippen molar-refractivity contribution in [2.45, 2.75) is 45.0 Å². The maximum atomic E-state index is 12.7. The SMILES string of the molecule is CC(C)(C)OC(=O)N[C@@H]1CCOc2cc(C(F)(F)F)ccc21. The molecule has 2 rings (SSSR count). The minimum absolute atomic E-state index is 0.141. The van der Waals surface area contributed by atoms with Gasteiger partial charge in [-0.05, 0) is 32.9 Å². The number of amides is 1. The first-order valence-corrected chi connectivity index (χ1v) is 6.90. The summed E-state index contributed by atoms with van der Waals surface area (Å²) in [5.41, 5.74) is -0.896. The molecule has 1 heterocycles. The number of alkyl halides is 3. The average molecular weight is 317 g/mol. The van der Waals surface area contributed by atoms with E-state index in [1.54, 1.807) is 20.8 Å². The number of carbonyl (C=O) groups is 1. The van der Waals surface area contributed by atoms with Gasteiger partial charge in [0.25, 0.3) is 0 Å². The number of hydrogen-bond acceptors (Lipinski definition) is 3. The number of hydrogen-bond donors (Lipinski definition) is 1. The monoisotopic (exact) mass is 317 g/mol. The third-order valence-corrected chi connectivity index (χ3v) is 3.07. The first-order valence-electron chi connectivity index (χ1n) is 6.90. The van der Waals surface area contributed by atoms with Crippen molar-refractivity contribution in [2.24, 2.45) is 0 Å². The molecule has 1 atom stereocenters. The average Bonchev–Trinajstić information content (AvgIpc) is 2.35. The fraction of sp³-hybridized carbons (Fsp3) is 0.533. The van der Waals surface area contributed by atoms with E-state index in [9.17, 15) is 18.0 Å². The predicted octanol–water partition coefficient (Wildman–Crippen LogP) is 4.05. The summed E-state index contributed by atoms with van der Waals surface area (Å²) in [6.45, 7) is 5.44. The van der Waals surface area contributed by atoms with Gasteiger partial charge >= 0.3 is 12.3 Å². The molecule has 0 bridgehead atoms. The summed E-state index contributed by atoms with van der Waals surface area (Å²) in [6, 6.07) is 2.84. The van der Waals surface area contributed by atoms with Gasteiger partial charge in [0, 0.05) is 12.0 Å². The Labute approximate surface area is 126 Å². The highest BCUT2D eigenvalue weighted by Gasteiger charge is 2.33. The van der Waals surface area contributed by atoms with Crippen LogP contribution >= 0.6 is 0 Å². The van der Waals surface area contributed by atoms with Gasteiger partial charge in [0.15, 0.2) is 0 Å². The van der Waals surface area contributed by atoms with E-state index >= 15 is 0 Å². The fourth-order valence-electron chi connectivity index (χ4n) is 2.17. The molecule has 7 heteroatoms. The largest absolute Gasteiger partial charge is 0.493 e. The van der Waals surface area contributed by atoms with E-state index in [1.165, 1.54) is 6.07 Å². The summed E-state index contributed by atoms with van der Waals surface area (Å²) in [7, 11) is 0. The highest BCUT2D eigenvalue weighted by atomic mass is 19.4. The molecule has 0 aromatic heterocycles. The standard InChI is InChI=1S/C15H18F3NO3/c1-14(2,3)22-13(20)19-11-6-7-21-12-8-9(15(16,17)18)4-5-10(11)12/h4-5,8,11H,6-7H2,1-3H3,(H,19,20)/t11-/m1/s1. The van der Waals surface area contributed by atoms with Crippen LogP contribution in [-0.4, -0.2) is 18.3 Å². The molecule has 0 aliphatic carbocycles. The topological polar surface area (TPSA) is 47.6 Å². The van der Waals surface area contributed by atoms with Crippen molar-refractivity contribution < 1.29 is 27.4 Å². The summed E-state index contributed by atoms with van der Waals surface area (Å²) < 4.78 is 48.6. The van der Waals surface area contributed by atoms with E-state index in [2.05, 4.69) is 5.32 Å². The van der Waals surface area contributed by atoms with Crippen molar-refractivity contribution in [3.8, 4) is 5.75 Å². The normalized spacial score (nSPS) is 18.2. The Kier molecular flexibility index (Phi) is 4.26. The Hall–Kier alpha value is -1.92. The van der Waals surface area contributed by atoms with Crippen LogP contribution in [0.3, 0.4) is 0 Å². The van der Waals surface area contributed by atoms with Gasteiger partial charge in [-0.3, -0.25) is 0 Å². The second-order valence-electron chi connectivity index (χ2n) is 6.09. The second-order valence-corrected chi connectivity index (χ2v) is 6.09. The number of fused-ring (bicyclic) bond motifs is 1. The first-order chi connectivity index (χ1) is 10.1. The number of nitrogens with one attached hydrogen (secondary N) is 1. The van der Waals surface area contributed by atoms with Gasteiger partial charge in [-0.1, -0.05) is 6.07 Å². The molecule has 1 aliphatic heterocycles. The van der Waals surface area contributed by atoms with Crippen LogP contribution in [0.1, 0.15) is 44.4 Å². The lowest BCUT2D eigenvalue weighted by Gasteiger charge is -2.28. The van der Waals surface area contributed by atoms with Gasteiger partial charge in [-0.2, -0.15) is 13.2 Å². The molecule has 0 fully saturated rings. The highest BCUT2D eigenvalue weighted by Crippen LogP contribution is 2.38. The molecule has 1 N–H and O–H groups in total. The van der Waals surface area contributed by atoms with Crippen molar-refractivity contribution in [2.75, 3.05) is 6.61 Å². The Morgan fingerprint density at radius 1 is 1.32 bits per heavy atom. The summed E-state index contributed by atoms with van der Waals surface area (Å²) in [5, 5.41) is 2.67. The van der Waals surface area contributed by atoms with Gasteiger partial charge in [0.05, 0.1) is 18.2 Å². The molecule has 0 spiro atoms. The fourth-order valence-corrected chi connectivity index (χ4v) is 2.17. The summed E-state index contributed by atoms with van der Waals surface area (Å²) in [5.74, 6) is 0.141. The van der Waals surface area contributed by atoms with Crippen molar-refractivity contribution in [1.82, 2.24) is 5.32 Å². The van der Waals surface area contributed by atoms with Crippen molar-refractivity contribution >= 4 is 6.09 Å². The molecule has 22 heavy (non-hydrogen) atoms. The molecule has 1 aromatic carbocycles. The van der Waals surface area contributed by atoms with Crippen LogP contribution in [0.2, 0.25) is 0 Å². The zero-order chi connectivity index (χ0) is 16.5. The highest BCUT2D eigenvalue weighted by molar-refractivity contribution is 5.68. The van der Waals surface area contributed by atoms with Gasteiger partial charge in [-0.15, -0.1) is 0 Å². The minimum atomic E-state index is -4.43. The van der Waals surface area contributed by atoms with Crippen LogP contribution in [0.5, 0.6) is 5.75 Å². The molecule has 1 aliphatic rings. The van der Waals surface area contributed by atoms with E-state index in [1.807, 2.05) is 0 Å². The summed E-state index contributed by atoms with van der Waals surface area (Å²) in [4.78, 5) is 11.8. The Balaban J connectivity index is 2.17. The smallest absolute Gasteiger partial charge is 0.416 e. The first kappa shape index (κ1) is 16.5. The third kappa shape index (κ3) is 4.05. The maximum Gasteiger partial charge on any atom is 0.416 e. The molecule has 1 aromatic rings. The summed E-state index contributed by atoms with van der Waals surface area (Å²) >= 11 is 0. The van der Waals surface area contributed by atoms with Crippen LogP contribution in [0, 0.1) is 0 Å². The van der Waals surface area contributed by atoms with E-state index in [-0.39, 0.29) is 12.4 Å². The Morgan fingerprint density at radius 3 is 2.59 bits per heavy atom. The number of rotatable bonds is 1. The molecule has 1 amide bonds. The number of carbonyl (C=O) groups excluding carboxylic acids is 1. The van der Waals surface area contributed by atoms with Crippen LogP contribution in [0.4, 0.5) is 18.0 Å². The quantitative estimate of drug-likeness (QED) is 0.850. The molecular formula is C15H18F3NO3. The van der Waals surface area contributed by atoms with Gasteiger partial charge in [-0.25, -0.2) is 4.79 Å². The number of halogens is 3. The lowest BCUT2D eigenvalue weighted by Crippen LogP contribution is -2.36. The zero-order valence-electron chi connectivity index (χ0n) is 12.6. The lowest BCUT2D eigenvalue weighted by atomic mass is 9.99. The van der Waals surface area contributed by atoms with Gasteiger partial charge < -0.3 is 14.8 Å². The van der Waals surface area contributed by atoms with Crippen LogP contribution in [-0.2, 0) is 10.9 Å².